The first kappa shape index (κ1) is 7.21. The normalized spacial score (nSPS) is 18.9. The summed E-state index contributed by atoms with van der Waals surface area (Å²) in [5, 5.41) is 8.56. The molecular formula is C4H9ClO2. The van der Waals surface area contributed by atoms with E-state index in [1.54, 1.807) is 6.92 Å². The van der Waals surface area contributed by atoms with Crippen molar-refractivity contribution >= 4 is 11.6 Å². The van der Waals surface area contributed by atoms with Gasteiger partial charge in [-0.25, -0.2) is 0 Å². The fourth-order valence-electron chi connectivity index (χ4n) is 0.197. The van der Waals surface area contributed by atoms with E-state index in [2.05, 4.69) is 4.74 Å². The summed E-state index contributed by atoms with van der Waals surface area (Å²) in [5.41, 5.74) is -0.569. The van der Waals surface area contributed by atoms with E-state index in [4.69, 9.17) is 16.7 Å². The lowest BCUT2D eigenvalue weighted by atomic mass is 10.4. The van der Waals surface area contributed by atoms with Crippen LogP contribution >= 0.6 is 11.6 Å². The summed E-state index contributed by atoms with van der Waals surface area (Å²) in [4.78, 5) is 0. The molecule has 0 saturated heterocycles. The molecule has 0 aromatic heterocycles. The molecule has 0 aliphatic carbocycles. The van der Waals surface area contributed by atoms with E-state index in [-0.39, 0.29) is 0 Å². The van der Waals surface area contributed by atoms with Gasteiger partial charge in [-0.1, -0.05) is 11.6 Å². The van der Waals surface area contributed by atoms with Crippen LogP contribution in [0.15, 0.2) is 0 Å². The van der Waals surface area contributed by atoms with Crippen molar-refractivity contribution in [1.82, 2.24) is 0 Å². The lowest BCUT2D eigenvalue weighted by Gasteiger charge is -2.08. The second-order valence-corrected chi connectivity index (χ2v) is 1.76. The van der Waals surface area contributed by atoms with E-state index < -0.39 is 11.7 Å². The van der Waals surface area contributed by atoms with Gasteiger partial charge in [-0.15, -0.1) is 0 Å². The zero-order valence-corrected chi connectivity index (χ0v) is 5.14. The molecule has 0 aliphatic rings. The van der Waals surface area contributed by atoms with Crippen molar-refractivity contribution in [3.63, 3.8) is 0 Å². The van der Waals surface area contributed by atoms with Crippen molar-refractivity contribution in [2.75, 3.05) is 7.11 Å². The first-order chi connectivity index (χ1) is 3.18. The number of aliphatic hydroxyl groups is 1. The van der Waals surface area contributed by atoms with Crippen LogP contribution in [0.1, 0.15) is 6.92 Å². The van der Waals surface area contributed by atoms with Gasteiger partial charge in [0.1, 0.15) is 0 Å². The Kier molecular flexibility index (Phi) is 3.34. The Balaban J connectivity index is 3.14. The highest BCUT2D eigenvalue weighted by atomic mass is 35.5. The molecule has 0 saturated carbocycles. The molecule has 2 nitrogen and oxygen atoms in total. The molecule has 0 aromatic carbocycles. The highest BCUT2D eigenvalue weighted by Crippen LogP contribution is 2.00. The van der Waals surface area contributed by atoms with Gasteiger partial charge in [0.05, 0.1) is 6.10 Å². The smallest absolute Gasteiger partial charge is 0.156 e. The van der Waals surface area contributed by atoms with E-state index in [0.29, 0.717) is 0 Å². The molecule has 44 valence electrons. The molecule has 3 heteroatoms. The molecular weight excluding hydrogens is 115 g/mol. The first-order valence-corrected chi connectivity index (χ1v) is 2.47. The molecule has 0 spiro atoms. The maximum absolute atomic E-state index is 8.56. The van der Waals surface area contributed by atoms with Crippen LogP contribution in [0.5, 0.6) is 0 Å². The van der Waals surface area contributed by atoms with E-state index in [9.17, 15) is 0 Å². The third-order valence-corrected chi connectivity index (χ3v) is 1.15. The Hall–Kier alpha value is 0.210. The third-order valence-electron chi connectivity index (χ3n) is 0.604. The molecule has 0 amide bonds. The number of hydrogen-bond donors (Lipinski definition) is 1. The van der Waals surface area contributed by atoms with Gasteiger partial charge in [-0.3, -0.25) is 0 Å². The van der Waals surface area contributed by atoms with Gasteiger partial charge in [0.25, 0.3) is 0 Å². The summed E-state index contributed by atoms with van der Waals surface area (Å²) in [6, 6.07) is 0. The molecule has 2 unspecified atom stereocenters. The number of halogens is 1. The van der Waals surface area contributed by atoms with Gasteiger partial charge in [-0.2, -0.15) is 0 Å². The summed E-state index contributed by atoms with van der Waals surface area (Å²) in [5.74, 6) is 0. The van der Waals surface area contributed by atoms with Crippen molar-refractivity contribution in [2.45, 2.75) is 18.6 Å². The maximum Gasteiger partial charge on any atom is 0.156 e. The van der Waals surface area contributed by atoms with Crippen molar-refractivity contribution in [3.05, 3.63) is 0 Å². The van der Waals surface area contributed by atoms with Gasteiger partial charge in [-0.05, 0) is 6.92 Å². The Morgan fingerprint density at radius 3 is 2.14 bits per heavy atom. The zero-order chi connectivity index (χ0) is 5.86. The topological polar surface area (TPSA) is 29.5 Å². The largest absolute Gasteiger partial charge is 0.389 e. The standard InChI is InChI=1S/C4H9ClO2/c1-3(6)4(5)7-2/h3-4,6H,1-2H3. The van der Waals surface area contributed by atoms with E-state index in [1.807, 2.05) is 0 Å². The Bertz CT molecular complexity index is 47.0. The fraction of sp³-hybridized carbons (Fsp3) is 1.00. The lowest BCUT2D eigenvalue weighted by molar-refractivity contribution is 0.0485. The molecule has 0 bridgehead atoms. The molecule has 0 rings (SSSR count). The van der Waals surface area contributed by atoms with Crippen LogP contribution in [-0.4, -0.2) is 23.9 Å². The van der Waals surface area contributed by atoms with Crippen LogP contribution in [-0.2, 0) is 4.74 Å². The SMILES string of the molecule is COC(Cl)C(C)O. The molecule has 0 aliphatic heterocycles. The van der Waals surface area contributed by atoms with Gasteiger partial charge >= 0.3 is 0 Å². The van der Waals surface area contributed by atoms with E-state index in [0.717, 1.165) is 0 Å². The summed E-state index contributed by atoms with van der Waals surface area (Å²) in [7, 11) is 1.45. The molecule has 0 heterocycles. The van der Waals surface area contributed by atoms with Crippen LogP contribution in [0, 0.1) is 0 Å². The van der Waals surface area contributed by atoms with Crippen molar-refractivity contribution < 1.29 is 9.84 Å². The van der Waals surface area contributed by atoms with Crippen molar-refractivity contribution in [3.8, 4) is 0 Å². The molecule has 1 N–H and O–H groups in total. The average Bonchev–Trinajstić information content (AvgIpc) is 1.65. The number of rotatable bonds is 2. The van der Waals surface area contributed by atoms with Crippen molar-refractivity contribution in [1.29, 1.82) is 0 Å². The number of ether oxygens (including phenoxy) is 1. The molecule has 7 heavy (non-hydrogen) atoms. The van der Waals surface area contributed by atoms with Gasteiger partial charge in [0, 0.05) is 7.11 Å². The Morgan fingerprint density at radius 2 is 2.14 bits per heavy atom. The zero-order valence-electron chi connectivity index (χ0n) is 4.39. The van der Waals surface area contributed by atoms with Crippen LogP contribution in [0.3, 0.4) is 0 Å². The molecule has 0 fully saturated rings. The monoisotopic (exact) mass is 124 g/mol. The van der Waals surface area contributed by atoms with Gasteiger partial charge in [0.2, 0.25) is 0 Å². The minimum Gasteiger partial charge on any atom is -0.389 e. The predicted molar refractivity (Wildman–Crippen MR) is 28.3 cm³/mol. The number of alkyl halides is 1. The van der Waals surface area contributed by atoms with Crippen LogP contribution < -0.4 is 0 Å². The number of aliphatic hydroxyl groups excluding tert-OH is 1. The number of hydrogen-bond acceptors (Lipinski definition) is 2. The Morgan fingerprint density at radius 1 is 1.71 bits per heavy atom. The quantitative estimate of drug-likeness (QED) is 0.546. The molecule has 2 atom stereocenters. The van der Waals surface area contributed by atoms with Crippen LogP contribution in [0.2, 0.25) is 0 Å². The maximum atomic E-state index is 8.56. The number of methoxy groups -OCH3 is 1. The Labute approximate surface area is 48.0 Å². The molecule has 0 aromatic rings. The summed E-state index contributed by atoms with van der Waals surface area (Å²) < 4.78 is 4.53. The van der Waals surface area contributed by atoms with Crippen LogP contribution in [0.25, 0.3) is 0 Å². The van der Waals surface area contributed by atoms with Gasteiger partial charge < -0.3 is 9.84 Å². The van der Waals surface area contributed by atoms with Crippen molar-refractivity contribution in [2.24, 2.45) is 0 Å². The summed E-state index contributed by atoms with van der Waals surface area (Å²) in [6.45, 7) is 1.57. The fourth-order valence-corrected chi connectivity index (χ4v) is 0.197. The summed E-state index contributed by atoms with van der Waals surface area (Å²) >= 11 is 5.33. The molecule has 0 radical (unpaired) electrons. The minimum atomic E-state index is -0.591. The van der Waals surface area contributed by atoms with Gasteiger partial charge in [0.15, 0.2) is 5.56 Å². The summed E-state index contributed by atoms with van der Waals surface area (Å²) in [6.07, 6.45) is -0.591. The highest BCUT2D eigenvalue weighted by Gasteiger charge is 2.06. The van der Waals surface area contributed by atoms with E-state index in [1.165, 1.54) is 7.11 Å². The second kappa shape index (κ2) is 3.24. The highest BCUT2D eigenvalue weighted by molar-refractivity contribution is 6.20. The average molecular weight is 125 g/mol. The first-order valence-electron chi connectivity index (χ1n) is 2.03. The predicted octanol–water partition coefficient (Wildman–Crippen LogP) is 0.579. The van der Waals surface area contributed by atoms with E-state index >= 15 is 0 Å². The lowest BCUT2D eigenvalue weighted by Crippen LogP contribution is -2.17. The second-order valence-electron chi connectivity index (χ2n) is 1.33. The minimum absolute atomic E-state index is 0.569. The van der Waals surface area contributed by atoms with Crippen LogP contribution in [0.4, 0.5) is 0 Å². The third kappa shape index (κ3) is 2.85.